The minimum Gasteiger partial charge on any atom is -1.00 e. The van der Waals surface area contributed by atoms with Gasteiger partial charge in [0.15, 0.2) is 11.5 Å². The van der Waals surface area contributed by atoms with Gasteiger partial charge in [0.05, 0.1) is 23.0 Å². The summed E-state index contributed by atoms with van der Waals surface area (Å²) in [5.74, 6) is 1.37. The predicted octanol–water partition coefficient (Wildman–Crippen LogP) is 0.289. The van der Waals surface area contributed by atoms with Gasteiger partial charge >= 0.3 is 0 Å². The van der Waals surface area contributed by atoms with Crippen molar-refractivity contribution < 1.29 is 21.8 Å². The van der Waals surface area contributed by atoms with Crippen LogP contribution in [0.3, 0.4) is 0 Å². The Morgan fingerprint density at radius 1 is 1.33 bits per heavy atom. The van der Waals surface area contributed by atoms with Gasteiger partial charge in [-0.3, -0.25) is 4.79 Å². The molecule has 0 saturated carbocycles. The van der Waals surface area contributed by atoms with Gasteiger partial charge < -0.3 is 12.4 Å². The molecule has 3 rings (SSSR count). The van der Waals surface area contributed by atoms with Crippen molar-refractivity contribution in [1.82, 2.24) is 4.57 Å². The van der Waals surface area contributed by atoms with E-state index >= 15 is 0 Å². The molecule has 1 aliphatic heterocycles. The van der Waals surface area contributed by atoms with Crippen LogP contribution in [0.15, 0.2) is 24.4 Å². The second-order valence-corrected chi connectivity index (χ2v) is 5.96. The van der Waals surface area contributed by atoms with E-state index in [-0.39, 0.29) is 18.2 Å². The molecule has 0 spiro atoms. The van der Waals surface area contributed by atoms with Crippen LogP contribution >= 0.6 is 23.2 Å². The zero-order chi connectivity index (χ0) is 14.3. The lowest BCUT2D eigenvalue weighted by molar-refractivity contribution is -0.690. The summed E-state index contributed by atoms with van der Waals surface area (Å²) in [6.45, 7) is 3.03. The van der Waals surface area contributed by atoms with Gasteiger partial charge in [-0.15, -0.1) is 0 Å². The standard InChI is InChI=1S/C15H15Cl2N2O.ClH/c1-10(20)8-18-9-14(19-6-2-3-15(18)19)11-4-5-12(16)13(17)7-11;/h4-5,7,9H,2-3,6,8H2,1H3;1H/q+1;/p-1. The first-order chi connectivity index (χ1) is 9.56. The van der Waals surface area contributed by atoms with Crippen LogP contribution < -0.4 is 17.0 Å². The average molecular weight is 346 g/mol. The van der Waals surface area contributed by atoms with Gasteiger partial charge in [-0.25, -0.2) is 9.13 Å². The Morgan fingerprint density at radius 3 is 2.76 bits per heavy atom. The molecule has 0 unspecified atom stereocenters. The van der Waals surface area contributed by atoms with Gasteiger partial charge in [0, 0.05) is 5.56 Å². The summed E-state index contributed by atoms with van der Waals surface area (Å²) in [6.07, 6.45) is 4.16. The highest BCUT2D eigenvalue weighted by atomic mass is 35.5. The average Bonchev–Trinajstić information content (AvgIpc) is 2.96. The number of aromatic nitrogens is 2. The first kappa shape index (κ1) is 16.3. The van der Waals surface area contributed by atoms with Crippen LogP contribution in [0.1, 0.15) is 19.2 Å². The van der Waals surface area contributed by atoms with E-state index in [0.717, 1.165) is 30.6 Å². The first-order valence-corrected chi connectivity index (χ1v) is 7.38. The Hall–Kier alpha value is -1.03. The number of fused-ring (bicyclic) bond motifs is 1. The highest BCUT2D eigenvalue weighted by Crippen LogP contribution is 2.30. The second kappa shape index (κ2) is 6.39. The molecule has 1 aromatic carbocycles. The third-order valence-electron chi connectivity index (χ3n) is 3.60. The van der Waals surface area contributed by atoms with Crippen LogP contribution in [0, 0.1) is 0 Å². The van der Waals surface area contributed by atoms with Crippen molar-refractivity contribution in [3.63, 3.8) is 0 Å². The maximum absolute atomic E-state index is 11.4. The normalized spacial score (nSPS) is 12.9. The molecule has 1 aliphatic rings. The van der Waals surface area contributed by atoms with E-state index in [1.54, 1.807) is 6.92 Å². The Morgan fingerprint density at radius 2 is 2.10 bits per heavy atom. The minimum atomic E-state index is 0. The highest BCUT2D eigenvalue weighted by Gasteiger charge is 2.29. The highest BCUT2D eigenvalue weighted by molar-refractivity contribution is 6.42. The van der Waals surface area contributed by atoms with Crippen molar-refractivity contribution in [2.45, 2.75) is 32.9 Å². The fourth-order valence-corrected chi connectivity index (χ4v) is 3.07. The molecule has 1 aromatic heterocycles. The number of carbonyl (C=O) groups is 1. The number of halogens is 3. The number of rotatable bonds is 3. The zero-order valence-electron chi connectivity index (χ0n) is 11.6. The summed E-state index contributed by atoms with van der Waals surface area (Å²) < 4.78 is 4.32. The molecule has 0 bridgehead atoms. The summed E-state index contributed by atoms with van der Waals surface area (Å²) in [4.78, 5) is 11.4. The number of nitrogens with zero attached hydrogens (tertiary/aromatic N) is 2. The fraction of sp³-hybridized carbons (Fsp3) is 0.333. The molecule has 2 heterocycles. The van der Waals surface area contributed by atoms with Gasteiger partial charge in [0.2, 0.25) is 0 Å². The van der Waals surface area contributed by atoms with Crippen molar-refractivity contribution in [3.8, 4) is 11.3 Å². The quantitative estimate of drug-likeness (QED) is 0.734. The predicted molar refractivity (Wildman–Crippen MR) is 79.1 cm³/mol. The van der Waals surface area contributed by atoms with Gasteiger partial charge in [-0.1, -0.05) is 23.2 Å². The summed E-state index contributed by atoms with van der Waals surface area (Å²) in [5.41, 5.74) is 2.13. The maximum Gasteiger partial charge on any atom is 0.257 e. The molecule has 0 radical (unpaired) electrons. The summed E-state index contributed by atoms with van der Waals surface area (Å²) in [5, 5.41) is 1.11. The molecule has 0 atom stereocenters. The number of ketones is 1. The van der Waals surface area contributed by atoms with Crippen molar-refractivity contribution in [2.24, 2.45) is 0 Å². The van der Waals surface area contributed by atoms with Crippen LogP contribution in [-0.2, 0) is 24.3 Å². The molecule has 0 fully saturated rings. The van der Waals surface area contributed by atoms with E-state index in [2.05, 4.69) is 4.57 Å². The van der Waals surface area contributed by atoms with Gasteiger partial charge in [0.1, 0.15) is 12.7 Å². The lowest BCUT2D eigenvalue weighted by Crippen LogP contribution is -3.00. The molecular weight excluding hydrogens is 331 g/mol. The third kappa shape index (κ3) is 3.10. The molecule has 0 saturated heterocycles. The Balaban J connectivity index is 0.00000161. The molecule has 21 heavy (non-hydrogen) atoms. The lowest BCUT2D eigenvalue weighted by atomic mass is 10.1. The van der Waals surface area contributed by atoms with Gasteiger partial charge in [0.25, 0.3) is 5.82 Å². The molecule has 0 aliphatic carbocycles. The van der Waals surface area contributed by atoms with Crippen molar-refractivity contribution in [1.29, 1.82) is 0 Å². The van der Waals surface area contributed by atoms with Crippen molar-refractivity contribution in [2.75, 3.05) is 0 Å². The molecular formula is C15H15Cl3N2O. The third-order valence-corrected chi connectivity index (χ3v) is 4.34. The smallest absolute Gasteiger partial charge is 0.257 e. The maximum atomic E-state index is 11.4. The largest absolute Gasteiger partial charge is 1.00 e. The molecule has 3 nitrogen and oxygen atoms in total. The Kier molecular flexibility index (Phi) is 4.97. The molecule has 0 amide bonds. The van der Waals surface area contributed by atoms with Gasteiger partial charge in [-0.2, -0.15) is 0 Å². The first-order valence-electron chi connectivity index (χ1n) is 6.63. The number of carbonyl (C=O) groups excluding carboxylic acids is 1. The zero-order valence-corrected chi connectivity index (χ0v) is 13.8. The van der Waals surface area contributed by atoms with E-state index in [4.69, 9.17) is 23.2 Å². The van der Waals surface area contributed by atoms with Crippen LogP contribution in [0.2, 0.25) is 10.0 Å². The lowest BCUT2D eigenvalue weighted by Gasteiger charge is -2.01. The van der Waals surface area contributed by atoms with E-state index in [1.165, 1.54) is 5.82 Å². The van der Waals surface area contributed by atoms with E-state index in [1.807, 2.05) is 29.0 Å². The van der Waals surface area contributed by atoms with Gasteiger partial charge in [-0.05, 0) is 31.5 Å². The molecule has 0 N–H and O–H groups in total. The second-order valence-electron chi connectivity index (χ2n) is 5.14. The summed E-state index contributed by atoms with van der Waals surface area (Å²) >= 11 is 12.1. The van der Waals surface area contributed by atoms with Crippen LogP contribution in [-0.4, -0.2) is 10.4 Å². The van der Waals surface area contributed by atoms with Crippen LogP contribution in [0.4, 0.5) is 0 Å². The Bertz CT molecular complexity index is 694. The number of imidazole rings is 1. The number of benzene rings is 1. The van der Waals surface area contributed by atoms with Crippen LogP contribution in [0.5, 0.6) is 0 Å². The topological polar surface area (TPSA) is 25.9 Å². The number of Topliss-reactive ketones (excluding diaryl/α,β-unsaturated/α-hetero) is 1. The van der Waals surface area contributed by atoms with Crippen molar-refractivity contribution in [3.05, 3.63) is 40.3 Å². The van der Waals surface area contributed by atoms with E-state index in [9.17, 15) is 4.79 Å². The number of hydrogen-bond acceptors (Lipinski definition) is 1. The SMILES string of the molecule is CC(=O)C[n+]1cc(-c2ccc(Cl)c(Cl)c2)n2c1CCC2.[Cl-]. The Labute approximate surface area is 139 Å². The summed E-state index contributed by atoms with van der Waals surface area (Å²) in [7, 11) is 0. The molecule has 2 aromatic rings. The molecule has 112 valence electrons. The van der Waals surface area contributed by atoms with Crippen molar-refractivity contribution >= 4 is 29.0 Å². The van der Waals surface area contributed by atoms with E-state index < -0.39 is 0 Å². The van der Waals surface area contributed by atoms with E-state index in [0.29, 0.717) is 16.6 Å². The minimum absolute atomic E-state index is 0. The number of hydrogen-bond donors (Lipinski definition) is 0. The summed E-state index contributed by atoms with van der Waals surface area (Å²) in [6, 6.07) is 5.65. The fourth-order valence-electron chi connectivity index (χ4n) is 2.77. The van der Waals surface area contributed by atoms with Crippen LogP contribution in [0.25, 0.3) is 11.3 Å². The monoisotopic (exact) mass is 344 g/mol. The molecule has 6 heteroatoms.